The lowest BCUT2D eigenvalue weighted by Gasteiger charge is -2.34. The molecule has 6 nitrogen and oxygen atoms in total. The Labute approximate surface area is 148 Å². The molecule has 23 heavy (non-hydrogen) atoms. The smallest absolute Gasteiger partial charge is 0.260 e. The van der Waals surface area contributed by atoms with Crippen LogP contribution in [-0.4, -0.2) is 53.6 Å². The van der Waals surface area contributed by atoms with Crippen molar-refractivity contribution in [1.29, 1.82) is 0 Å². The van der Waals surface area contributed by atoms with E-state index in [1.807, 2.05) is 29.2 Å². The highest BCUT2D eigenvalue weighted by Gasteiger charge is 2.22. The number of nitrogens with zero attached hydrogens (tertiary/aromatic N) is 4. The molecule has 1 aliphatic rings. The number of halogens is 1. The molecule has 1 amide bonds. The van der Waals surface area contributed by atoms with E-state index in [9.17, 15) is 4.79 Å². The topological polar surface area (TPSA) is 58.6 Å². The van der Waals surface area contributed by atoms with Crippen LogP contribution in [0.15, 0.2) is 42.7 Å². The standard InChI is InChI=1S/C16H17IN4O2/c17-13-2-4-14(5-3-13)23-12-15(22)20-8-10-21(11-9-20)16-18-6-1-7-19-16/h1-7H,8-12H2. The Balaban J connectivity index is 1.47. The van der Waals surface area contributed by atoms with Gasteiger partial charge in [-0.05, 0) is 52.9 Å². The zero-order valence-corrected chi connectivity index (χ0v) is 14.7. The SMILES string of the molecule is O=C(COc1ccc(I)cc1)N1CCN(c2ncccn2)CC1. The fraction of sp³-hybridized carbons (Fsp3) is 0.312. The minimum absolute atomic E-state index is 0.0113. The highest BCUT2D eigenvalue weighted by atomic mass is 127. The molecule has 120 valence electrons. The number of anilines is 1. The summed E-state index contributed by atoms with van der Waals surface area (Å²) in [5, 5.41) is 0. The Hall–Kier alpha value is -1.90. The van der Waals surface area contributed by atoms with Crippen LogP contribution in [0.5, 0.6) is 5.75 Å². The second kappa shape index (κ2) is 7.58. The number of aromatic nitrogens is 2. The Morgan fingerprint density at radius 2 is 1.74 bits per heavy atom. The molecule has 1 fully saturated rings. The van der Waals surface area contributed by atoms with Gasteiger partial charge in [-0.15, -0.1) is 0 Å². The quantitative estimate of drug-likeness (QED) is 0.701. The number of ether oxygens (including phenoxy) is 1. The molecular formula is C16H17IN4O2. The predicted molar refractivity (Wildman–Crippen MR) is 95.5 cm³/mol. The summed E-state index contributed by atoms with van der Waals surface area (Å²) in [5.41, 5.74) is 0. The third-order valence-corrected chi connectivity index (χ3v) is 4.36. The molecule has 0 bridgehead atoms. The molecular weight excluding hydrogens is 407 g/mol. The molecule has 0 aliphatic carbocycles. The van der Waals surface area contributed by atoms with E-state index < -0.39 is 0 Å². The van der Waals surface area contributed by atoms with Gasteiger partial charge < -0.3 is 14.5 Å². The van der Waals surface area contributed by atoms with Crippen LogP contribution < -0.4 is 9.64 Å². The van der Waals surface area contributed by atoms with Crippen molar-refractivity contribution in [3.8, 4) is 5.75 Å². The molecule has 0 N–H and O–H groups in total. The van der Waals surface area contributed by atoms with Crippen molar-refractivity contribution in [2.45, 2.75) is 0 Å². The summed E-state index contributed by atoms with van der Waals surface area (Å²) in [4.78, 5) is 24.6. The van der Waals surface area contributed by atoms with Crippen LogP contribution in [0.4, 0.5) is 5.95 Å². The first-order chi connectivity index (χ1) is 11.2. The monoisotopic (exact) mass is 424 g/mol. The van der Waals surface area contributed by atoms with Crippen molar-refractivity contribution < 1.29 is 9.53 Å². The van der Waals surface area contributed by atoms with Crippen molar-refractivity contribution >= 4 is 34.4 Å². The first kappa shape index (κ1) is 16.0. The van der Waals surface area contributed by atoms with Crippen molar-refractivity contribution in [2.75, 3.05) is 37.7 Å². The summed E-state index contributed by atoms with van der Waals surface area (Å²) in [6, 6.07) is 9.46. The van der Waals surface area contributed by atoms with Gasteiger partial charge in [0.2, 0.25) is 5.95 Å². The van der Waals surface area contributed by atoms with Gasteiger partial charge in [0.25, 0.3) is 5.91 Å². The number of hydrogen-bond donors (Lipinski definition) is 0. The Morgan fingerprint density at radius 3 is 2.39 bits per heavy atom. The number of hydrogen-bond acceptors (Lipinski definition) is 5. The molecule has 1 aromatic heterocycles. The normalized spacial score (nSPS) is 14.7. The summed E-state index contributed by atoms with van der Waals surface area (Å²) in [6.45, 7) is 2.86. The summed E-state index contributed by atoms with van der Waals surface area (Å²) < 4.78 is 6.69. The van der Waals surface area contributed by atoms with Crippen LogP contribution in [-0.2, 0) is 4.79 Å². The van der Waals surface area contributed by atoms with Crippen LogP contribution in [0.2, 0.25) is 0 Å². The number of benzene rings is 1. The molecule has 0 radical (unpaired) electrons. The van der Waals surface area contributed by atoms with Gasteiger partial charge in [-0.3, -0.25) is 4.79 Å². The second-order valence-corrected chi connectivity index (χ2v) is 6.40. The van der Waals surface area contributed by atoms with Gasteiger partial charge in [0.15, 0.2) is 6.61 Å². The molecule has 1 aliphatic heterocycles. The van der Waals surface area contributed by atoms with Crippen LogP contribution in [0.1, 0.15) is 0 Å². The maximum absolute atomic E-state index is 12.2. The van der Waals surface area contributed by atoms with Crippen molar-refractivity contribution in [2.24, 2.45) is 0 Å². The molecule has 2 aromatic rings. The number of piperazine rings is 1. The van der Waals surface area contributed by atoms with Gasteiger partial charge in [-0.25, -0.2) is 9.97 Å². The molecule has 0 unspecified atom stereocenters. The van der Waals surface area contributed by atoms with Gasteiger partial charge in [0, 0.05) is 42.1 Å². The maximum atomic E-state index is 12.2. The van der Waals surface area contributed by atoms with E-state index in [1.54, 1.807) is 18.5 Å². The Bertz CT molecular complexity index is 643. The lowest BCUT2D eigenvalue weighted by Crippen LogP contribution is -2.50. The zero-order chi connectivity index (χ0) is 16.1. The minimum atomic E-state index is 0.0113. The summed E-state index contributed by atoms with van der Waals surface area (Å²) in [6.07, 6.45) is 3.46. The van der Waals surface area contributed by atoms with Crippen molar-refractivity contribution in [3.63, 3.8) is 0 Å². The predicted octanol–water partition coefficient (Wildman–Crippen LogP) is 1.81. The summed E-state index contributed by atoms with van der Waals surface area (Å²) >= 11 is 2.23. The van der Waals surface area contributed by atoms with Gasteiger partial charge in [-0.1, -0.05) is 0 Å². The summed E-state index contributed by atoms with van der Waals surface area (Å²) in [7, 11) is 0. The van der Waals surface area contributed by atoms with E-state index in [0.29, 0.717) is 13.1 Å². The first-order valence-corrected chi connectivity index (χ1v) is 8.48. The van der Waals surface area contributed by atoms with Crippen LogP contribution in [0.25, 0.3) is 0 Å². The molecule has 3 rings (SSSR count). The molecule has 7 heteroatoms. The van der Waals surface area contributed by atoms with E-state index in [2.05, 4.69) is 37.5 Å². The highest BCUT2D eigenvalue weighted by molar-refractivity contribution is 14.1. The second-order valence-electron chi connectivity index (χ2n) is 5.16. The van der Waals surface area contributed by atoms with Gasteiger partial charge in [-0.2, -0.15) is 0 Å². The third kappa shape index (κ3) is 4.31. The fourth-order valence-electron chi connectivity index (χ4n) is 2.38. The molecule has 1 aromatic carbocycles. The van der Waals surface area contributed by atoms with E-state index in [-0.39, 0.29) is 12.5 Å². The minimum Gasteiger partial charge on any atom is -0.484 e. The van der Waals surface area contributed by atoms with E-state index in [0.717, 1.165) is 28.4 Å². The van der Waals surface area contributed by atoms with Crippen molar-refractivity contribution in [1.82, 2.24) is 14.9 Å². The third-order valence-electron chi connectivity index (χ3n) is 3.64. The molecule has 0 saturated carbocycles. The Morgan fingerprint density at radius 1 is 1.09 bits per heavy atom. The van der Waals surface area contributed by atoms with E-state index >= 15 is 0 Å². The number of carbonyl (C=O) groups excluding carboxylic acids is 1. The van der Waals surface area contributed by atoms with Gasteiger partial charge in [0.1, 0.15) is 5.75 Å². The lowest BCUT2D eigenvalue weighted by atomic mass is 10.3. The molecule has 0 spiro atoms. The van der Waals surface area contributed by atoms with Gasteiger partial charge >= 0.3 is 0 Å². The van der Waals surface area contributed by atoms with Crippen LogP contribution >= 0.6 is 22.6 Å². The number of amides is 1. The average molecular weight is 424 g/mol. The van der Waals surface area contributed by atoms with Crippen LogP contribution in [0.3, 0.4) is 0 Å². The van der Waals surface area contributed by atoms with Gasteiger partial charge in [0.05, 0.1) is 0 Å². The average Bonchev–Trinajstić information content (AvgIpc) is 2.62. The maximum Gasteiger partial charge on any atom is 0.260 e. The van der Waals surface area contributed by atoms with Crippen molar-refractivity contribution in [3.05, 3.63) is 46.3 Å². The molecule has 1 saturated heterocycles. The zero-order valence-electron chi connectivity index (χ0n) is 12.6. The fourth-order valence-corrected chi connectivity index (χ4v) is 2.74. The lowest BCUT2D eigenvalue weighted by molar-refractivity contribution is -0.133. The largest absolute Gasteiger partial charge is 0.484 e. The molecule has 0 atom stereocenters. The van der Waals surface area contributed by atoms with Crippen LogP contribution in [0, 0.1) is 3.57 Å². The summed E-state index contributed by atoms with van der Waals surface area (Å²) in [5.74, 6) is 1.45. The number of rotatable bonds is 4. The van der Waals surface area contributed by atoms with E-state index in [4.69, 9.17) is 4.74 Å². The highest BCUT2D eigenvalue weighted by Crippen LogP contribution is 2.14. The Kier molecular flexibility index (Phi) is 5.27. The number of carbonyl (C=O) groups is 1. The molecule has 2 heterocycles. The first-order valence-electron chi connectivity index (χ1n) is 7.40. The van der Waals surface area contributed by atoms with E-state index in [1.165, 1.54) is 0 Å².